The molecule has 0 N–H and O–H groups in total. The maximum absolute atomic E-state index is 2.38. The Bertz CT molecular complexity index is 247. The van der Waals surface area contributed by atoms with Gasteiger partial charge in [0.25, 0.3) is 0 Å². The molecule has 51 valence electrons. The quantitative estimate of drug-likeness (QED) is 0.676. The predicted octanol–water partition coefficient (Wildman–Crippen LogP) is 1.65. The molecule has 0 aromatic carbocycles. The summed E-state index contributed by atoms with van der Waals surface area (Å²) in [5.74, 6) is 0. The molecular weight excluding hydrogens is 256 g/mol. The van der Waals surface area contributed by atoms with E-state index in [-0.39, 0.29) is 0 Å². The summed E-state index contributed by atoms with van der Waals surface area (Å²) >= 11 is 0.872. The van der Waals surface area contributed by atoms with Gasteiger partial charge in [-0.1, -0.05) is 0 Å². The molecule has 1 aliphatic heterocycles. The fraction of sp³-hybridized carbons (Fsp3) is 0. The summed E-state index contributed by atoms with van der Waals surface area (Å²) in [7, 11) is 0. The SMILES string of the molecule is C1=C[Te](c2cccs2)C=C1. The van der Waals surface area contributed by atoms with E-state index < -0.39 is 19.6 Å². The molecule has 0 amide bonds. The van der Waals surface area contributed by atoms with Crippen LogP contribution in [-0.4, -0.2) is 19.6 Å². The molecule has 1 radical (unpaired) electrons. The van der Waals surface area contributed by atoms with Gasteiger partial charge >= 0.3 is 71.7 Å². The van der Waals surface area contributed by atoms with Crippen molar-refractivity contribution in [1.82, 2.24) is 0 Å². The average Bonchev–Trinajstić information content (AvgIpc) is 2.59. The van der Waals surface area contributed by atoms with Gasteiger partial charge in [0.2, 0.25) is 0 Å². The van der Waals surface area contributed by atoms with E-state index in [1.807, 2.05) is 11.3 Å². The second-order valence-electron chi connectivity index (χ2n) is 1.96. The van der Waals surface area contributed by atoms with Gasteiger partial charge in [0.15, 0.2) is 0 Å². The van der Waals surface area contributed by atoms with Gasteiger partial charge in [-0.3, -0.25) is 0 Å². The van der Waals surface area contributed by atoms with Crippen LogP contribution >= 0.6 is 11.3 Å². The zero-order valence-corrected chi connectivity index (χ0v) is 8.50. The fourth-order valence-corrected chi connectivity index (χ4v) is 6.75. The summed E-state index contributed by atoms with van der Waals surface area (Å²) in [5.41, 5.74) is 0. The first kappa shape index (κ1) is 6.67. The molecule has 0 saturated carbocycles. The molecule has 1 aliphatic rings. The standard InChI is InChI=1S/C8H7STe/c1-2-7-10(6-1)8-4-3-5-9-8/h1-7H. The minimum absolute atomic E-state index is 1.02. The average molecular weight is 263 g/mol. The van der Waals surface area contributed by atoms with Gasteiger partial charge in [0, 0.05) is 0 Å². The van der Waals surface area contributed by atoms with Gasteiger partial charge in [0.1, 0.15) is 0 Å². The normalized spacial score (nSPS) is 16.8. The molecule has 0 spiro atoms. The van der Waals surface area contributed by atoms with E-state index in [2.05, 4.69) is 37.9 Å². The van der Waals surface area contributed by atoms with Crippen molar-refractivity contribution >= 4 is 33.8 Å². The predicted molar refractivity (Wildman–Crippen MR) is 48.0 cm³/mol. The first-order valence-electron chi connectivity index (χ1n) is 3.07. The van der Waals surface area contributed by atoms with Crippen LogP contribution in [0.1, 0.15) is 0 Å². The Morgan fingerprint density at radius 2 is 2.00 bits per heavy atom. The van der Waals surface area contributed by atoms with Crippen LogP contribution in [0.2, 0.25) is 0 Å². The third-order valence-corrected chi connectivity index (χ3v) is 8.35. The summed E-state index contributed by atoms with van der Waals surface area (Å²) in [4.78, 5) is 0. The van der Waals surface area contributed by atoms with E-state index in [4.69, 9.17) is 0 Å². The van der Waals surface area contributed by atoms with E-state index in [1.54, 1.807) is 2.93 Å². The van der Waals surface area contributed by atoms with Gasteiger partial charge < -0.3 is 0 Å². The Morgan fingerprint density at radius 3 is 2.60 bits per heavy atom. The summed E-state index contributed by atoms with van der Waals surface area (Å²) in [5, 5.41) is 2.16. The first-order chi connectivity index (χ1) is 4.97. The van der Waals surface area contributed by atoms with Crippen LogP contribution in [0, 0.1) is 0 Å². The number of allylic oxidation sites excluding steroid dienone is 2. The van der Waals surface area contributed by atoms with Crippen molar-refractivity contribution in [3.8, 4) is 0 Å². The molecule has 0 atom stereocenters. The molecule has 0 unspecified atom stereocenters. The van der Waals surface area contributed by atoms with Crippen molar-refractivity contribution in [3.63, 3.8) is 0 Å². The number of rotatable bonds is 1. The van der Waals surface area contributed by atoms with Crippen molar-refractivity contribution in [3.05, 3.63) is 37.9 Å². The molecule has 10 heavy (non-hydrogen) atoms. The van der Waals surface area contributed by atoms with E-state index in [0.29, 0.717) is 0 Å². The van der Waals surface area contributed by atoms with E-state index in [0.717, 1.165) is 0 Å². The third-order valence-electron chi connectivity index (χ3n) is 1.29. The molecular formula is C8H7STe. The van der Waals surface area contributed by atoms with Crippen LogP contribution in [0.4, 0.5) is 0 Å². The Morgan fingerprint density at radius 1 is 1.20 bits per heavy atom. The summed E-state index contributed by atoms with van der Waals surface area (Å²) < 4.78 is 6.37. The number of thiophene rings is 1. The Balaban J connectivity index is 2.29. The van der Waals surface area contributed by atoms with Crippen LogP contribution in [0.15, 0.2) is 37.9 Å². The zero-order chi connectivity index (χ0) is 6.81. The summed E-state index contributed by atoms with van der Waals surface area (Å²) in [6.07, 6.45) is 4.35. The van der Waals surface area contributed by atoms with E-state index >= 15 is 0 Å². The molecule has 2 heteroatoms. The molecule has 0 saturated heterocycles. The van der Waals surface area contributed by atoms with Crippen LogP contribution in [0.5, 0.6) is 0 Å². The molecule has 2 rings (SSSR count). The molecule has 0 bridgehead atoms. The van der Waals surface area contributed by atoms with Crippen LogP contribution in [-0.2, 0) is 0 Å². The van der Waals surface area contributed by atoms with Crippen molar-refractivity contribution < 1.29 is 0 Å². The second kappa shape index (κ2) is 2.92. The van der Waals surface area contributed by atoms with Gasteiger partial charge in [-0.2, -0.15) is 0 Å². The monoisotopic (exact) mass is 265 g/mol. The topological polar surface area (TPSA) is 0 Å². The molecule has 0 fully saturated rings. The van der Waals surface area contributed by atoms with Crippen molar-refractivity contribution in [1.29, 1.82) is 0 Å². The first-order valence-corrected chi connectivity index (χ1v) is 7.81. The summed E-state index contributed by atoms with van der Waals surface area (Å²) in [6, 6.07) is 4.39. The number of hydrogen-bond donors (Lipinski definition) is 0. The van der Waals surface area contributed by atoms with Gasteiger partial charge in [0.05, 0.1) is 0 Å². The van der Waals surface area contributed by atoms with Crippen molar-refractivity contribution in [2.24, 2.45) is 0 Å². The molecule has 1 aromatic heterocycles. The maximum atomic E-state index is 2.38. The molecule has 2 heterocycles. The van der Waals surface area contributed by atoms with Crippen molar-refractivity contribution in [2.45, 2.75) is 0 Å². The van der Waals surface area contributed by atoms with Crippen LogP contribution in [0.3, 0.4) is 0 Å². The third kappa shape index (κ3) is 1.20. The number of hydrogen-bond acceptors (Lipinski definition) is 1. The Hall–Kier alpha value is -0.0304. The second-order valence-corrected chi connectivity index (χ2v) is 8.65. The van der Waals surface area contributed by atoms with Crippen molar-refractivity contribution in [2.75, 3.05) is 0 Å². The molecule has 0 aliphatic carbocycles. The van der Waals surface area contributed by atoms with Gasteiger partial charge in [-0.25, -0.2) is 0 Å². The molecule has 1 aromatic rings. The molecule has 0 nitrogen and oxygen atoms in total. The van der Waals surface area contributed by atoms with E-state index in [9.17, 15) is 0 Å². The van der Waals surface area contributed by atoms with E-state index in [1.165, 1.54) is 0 Å². The van der Waals surface area contributed by atoms with Gasteiger partial charge in [-0.15, -0.1) is 0 Å². The minimum atomic E-state index is -1.02. The fourth-order valence-electron chi connectivity index (χ4n) is 0.837. The van der Waals surface area contributed by atoms with Crippen LogP contribution in [0.25, 0.3) is 0 Å². The zero-order valence-electron chi connectivity index (χ0n) is 5.36. The summed E-state index contributed by atoms with van der Waals surface area (Å²) in [6.45, 7) is 0. The van der Waals surface area contributed by atoms with Gasteiger partial charge in [-0.05, 0) is 0 Å². The van der Waals surface area contributed by atoms with Crippen LogP contribution < -0.4 is 2.93 Å². The Labute approximate surface area is 71.5 Å². The Kier molecular flexibility index (Phi) is 1.95.